The van der Waals surface area contributed by atoms with Crippen molar-refractivity contribution in [2.45, 2.75) is 52.9 Å². The van der Waals surface area contributed by atoms with Gasteiger partial charge >= 0.3 is 0 Å². The zero-order valence-corrected chi connectivity index (χ0v) is 14.5. The minimum Gasteiger partial charge on any atom is -0.496 e. The molecule has 0 aliphatic heterocycles. The van der Waals surface area contributed by atoms with Crippen molar-refractivity contribution < 1.29 is 19.1 Å². The van der Waals surface area contributed by atoms with Gasteiger partial charge in [-0.2, -0.15) is 0 Å². The predicted octanol–water partition coefficient (Wildman–Crippen LogP) is 3.23. The first-order valence-corrected chi connectivity index (χ1v) is 8.04. The molecule has 124 valence electrons. The van der Waals surface area contributed by atoms with Gasteiger partial charge in [0, 0.05) is 19.3 Å². The quantitative estimate of drug-likeness (QED) is 0.800. The first-order valence-electron chi connectivity index (χ1n) is 8.04. The largest absolute Gasteiger partial charge is 0.496 e. The standard InChI is InChI=1S/C19H24O4/c1-6-14(20)18-15(21)8-13(9-16(18)22)17-10(2)7-11(3)19(23-5)12(17)4/h7,13,18H,6,8-9H2,1-5H3. The minimum absolute atomic E-state index is 0.162. The predicted molar refractivity (Wildman–Crippen MR) is 88.0 cm³/mol. The molecule has 1 fully saturated rings. The Balaban J connectivity index is 2.41. The summed E-state index contributed by atoms with van der Waals surface area (Å²) < 4.78 is 5.47. The maximum absolute atomic E-state index is 12.4. The number of methoxy groups -OCH3 is 1. The Morgan fingerprint density at radius 1 is 1.13 bits per heavy atom. The molecular weight excluding hydrogens is 292 g/mol. The van der Waals surface area contributed by atoms with Crippen LogP contribution in [0.15, 0.2) is 6.07 Å². The van der Waals surface area contributed by atoms with Crippen molar-refractivity contribution in [2.75, 3.05) is 7.11 Å². The van der Waals surface area contributed by atoms with Gasteiger partial charge in [0.2, 0.25) is 0 Å². The molecule has 0 atom stereocenters. The molecule has 0 unspecified atom stereocenters. The summed E-state index contributed by atoms with van der Waals surface area (Å²) in [5.41, 5.74) is 4.10. The Morgan fingerprint density at radius 2 is 1.70 bits per heavy atom. The summed E-state index contributed by atoms with van der Waals surface area (Å²) in [6, 6.07) is 2.03. The molecule has 1 aromatic rings. The number of ketones is 3. The molecule has 0 spiro atoms. The fourth-order valence-electron chi connectivity index (χ4n) is 3.86. The summed E-state index contributed by atoms with van der Waals surface area (Å²) in [6.07, 6.45) is 0.718. The summed E-state index contributed by atoms with van der Waals surface area (Å²) >= 11 is 0. The Morgan fingerprint density at radius 3 is 2.17 bits per heavy atom. The van der Waals surface area contributed by atoms with E-state index in [0.717, 1.165) is 28.0 Å². The second-order valence-electron chi connectivity index (χ2n) is 6.37. The van der Waals surface area contributed by atoms with Gasteiger partial charge in [-0.15, -0.1) is 0 Å². The van der Waals surface area contributed by atoms with Crippen LogP contribution in [0.2, 0.25) is 0 Å². The first-order chi connectivity index (χ1) is 10.8. The lowest BCUT2D eigenvalue weighted by atomic mass is 9.73. The molecule has 0 N–H and O–H groups in total. The number of aryl methyl sites for hydroxylation is 2. The topological polar surface area (TPSA) is 60.4 Å². The van der Waals surface area contributed by atoms with Gasteiger partial charge in [-0.3, -0.25) is 14.4 Å². The maximum atomic E-state index is 12.4. The molecule has 0 heterocycles. The van der Waals surface area contributed by atoms with E-state index in [2.05, 4.69) is 0 Å². The van der Waals surface area contributed by atoms with Crippen molar-refractivity contribution in [3.8, 4) is 5.75 Å². The average Bonchev–Trinajstić information content (AvgIpc) is 2.46. The fourth-order valence-corrected chi connectivity index (χ4v) is 3.86. The Bertz CT molecular complexity index is 654. The smallest absolute Gasteiger partial charge is 0.151 e. The third kappa shape index (κ3) is 3.07. The van der Waals surface area contributed by atoms with Crippen LogP contribution in [0.5, 0.6) is 5.75 Å². The minimum atomic E-state index is -1.04. The van der Waals surface area contributed by atoms with Crippen LogP contribution in [0.3, 0.4) is 0 Å². The molecule has 2 rings (SSSR count). The number of rotatable bonds is 4. The highest BCUT2D eigenvalue weighted by Gasteiger charge is 2.40. The van der Waals surface area contributed by atoms with Crippen LogP contribution in [-0.4, -0.2) is 24.5 Å². The van der Waals surface area contributed by atoms with Crippen LogP contribution >= 0.6 is 0 Å². The Kier molecular flexibility index (Phi) is 5.03. The third-order valence-electron chi connectivity index (χ3n) is 4.78. The molecule has 1 saturated carbocycles. The van der Waals surface area contributed by atoms with E-state index in [0.29, 0.717) is 0 Å². The fraction of sp³-hybridized carbons (Fsp3) is 0.526. The molecule has 0 amide bonds. The summed E-state index contributed by atoms with van der Waals surface area (Å²) in [7, 11) is 1.63. The van der Waals surface area contributed by atoms with Gasteiger partial charge in [-0.25, -0.2) is 0 Å². The van der Waals surface area contributed by atoms with Gasteiger partial charge in [0.1, 0.15) is 11.7 Å². The zero-order valence-electron chi connectivity index (χ0n) is 14.5. The highest BCUT2D eigenvalue weighted by Crippen LogP contribution is 2.39. The zero-order chi connectivity index (χ0) is 17.3. The average molecular weight is 316 g/mol. The second kappa shape index (κ2) is 6.65. The van der Waals surface area contributed by atoms with Gasteiger partial charge in [0.15, 0.2) is 17.3 Å². The van der Waals surface area contributed by atoms with Crippen LogP contribution in [0.4, 0.5) is 0 Å². The van der Waals surface area contributed by atoms with Crippen LogP contribution in [0.1, 0.15) is 54.4 Å². The van der Waals surface area contributed by atoms with Crippen molar-refractivity contribution in [3.63, 3.8) is 0 Å². The molecule has 4 nitrogen and oxygen atoms in total. The summed E-state index contributed by atoms with van der Waals surface area (Å²) in [4.78, 5) is 36.6. The number of carbonyl (C=O) groups is 3. The van der Waals surface area contributed by atoms with Gasteiger partial charge < -0.3 is 4.74 Å². The molecule has 1 aromatic carbocycles. The van der Waals surface area contributed by atoms with E-state index in [9.17, 15) is 14.4 Å². The van der Waals surface area contributed by atoms with E-state index in [-0.39, 0.29) is 42.5 Å². The molecule has 4 heteroatoms. The summed E-state index contributed by atoms with van der Waals surface area (Å²) in [5, 5.41) is 0. The van der Waals surface area contributed by atoms with Gasteiger partial charge in [-0.1, -0.05) is 13.0 Å². The first kappa shape index (κ1) is 17.4. The summed E-state index contributed by atoms with van der Waals surface area (Å²) in [6.45, 7) is 7.63. The lowest BCUT2D eigenvalue weighted by molar-refractivity contribution is -0.142. The van der Waals surface area contributed by atoms with Crippen LogP contribution in [-0.2, 0) is 14.4 Å². The normalized spacial score (nSPS) is 21.4. The van der Waals surface area contributed by atoms with Crippen molar-refractivity contribution in [1.82, 2.24) is 0 Å². The van der Waals surface area contributed by atoms with Gasteiger partial charge in [-0.05, 0) is 48.9 Å². The van der Waals surface area contributed by atoms with Gasteiger partial charge in [0.05, 0.1) is 7.11 Å². The molecule has 1 aliphatic rings. The maximum Gasteiger partial charge on any atom is 0.151 e. The van der Waals surface area contributed by atoms with E-state index in [1.165, 1.54) is 0 Å². The van der Waals surface area contributed by atoms with E-state index in [4.69, 9.17) is 4.74 Å². The molecule has 23 heavy (non-hydrogen) atoms. The Labute approximate surface area is 137 Å². The van der Waals surface area contributed by atoms with E-state index in [1.54, 1.807) is 14.0 Å². The molecule has 0 saturated heterocycles. The van der Waals surface area contributed by atoms with E-state index >= 15 is 0 Å². The summed E-state index contributed by atoms with van der Waals surface area (Å²) in [5.74, 6) is -1.13. The van der Waals surface area contributed by atoms with E-state index < -0.39 is 5.92 Å². The third-order valence-corrected chi connectivity index (χ3v) is 4.78. The molecule has 0 radical (unpaired) electrons. The number of hydrogen-bond donors (Lipinski definition) is 0. The highest BCUT2D eigenvalue weighted by atomic mass is 16.5. The van der Waals surface area contributed by atoms with E-state index in [1.807, 2.05) is 26.8 Å². The number of carbonyl (C=O) groups excluding carboxylic acids is 3. The van der Waals surface area contributed by atoms with Gasteiger partial charge in [0.25, 0.3) is 0 Å². The molecule has 0 aromatic heterocycles. The number of hydrogen-bond acceptors (Lipinski definition) is 4. The SMILES string of the molecule is CCC(=O)C1C(=O)CC(c2c(C)cc(C)c(OC)c2C)CC1=O. The highest BCUT2D eigenvalue weighted by molar-refractivity contribution is 6.20. The van der Waals surface area contributed by atoms with Crippen molar-refractivity contribution in [2.24, 2.45) is 5.92 Å². The Hall–Kier alpha value is -1.97. The molecular formula is C19H24O4. The second-order valence-corrected chi connectivity index (χ2v) is 6.37. The lowest BCUT2D eigenvalue weighted by Gasteiger charge is -2.29. The number of Topliss-reactive ketones (excluding diaryl/α,β-unsaturated/α-hetero) is 3. The molecule has 1 aliphatic carbocycles. The lowest BCUT2D eigenvalue weighted by Crippen LogP contribution is -2.38. The van der Waals surface area contributed by atoms with Crippen LogP contribution < -0.4 is 4.74 Å². The van der Waals surface area contributed by atoms with Crippen molar-refractivity contribution in [1.29, 1.82) is 0 Å². The van der Waals surface area contributed by atoms with Crippen molar-refractivity contribution in [3.05, 3.63) is 28.3 Å². The van der Waals surface area contributed by atoms with Crippen molar-refractivity contribution >= 4 is 17.3 Å². The van der Waals surface area contributed by atoms with Crippen LogP contribution in [0.25, 0.3) is 0 Å². The monoisotopic (exact) mass is 316 g/mol. The number of ether oxygens (including phenoxy) is 1. The van der Waals surface area contributed by atoms with Crippen LogP contribution in [0, 0.1) is 26.7 Å². The molecule has 0 bridgehead atoms. The number of benzene rings is 1.